The number of nitrogens with two attached hydrogens (primary N) is 1. The maximum atomic E-state index is 11.7. The van der Waals surface area contributed by atoms with Crippen molar-refractivity contribution >= 4 is 11.7 Å². The van der Waals surface area contributed by atoms with Gasteiger partial charge in [0.15, 0.2) is 5.82 Å². The first-order valence-electron chi connectivity index (χ1n) is 5.89. The van der Waals surface area contributed by atoms with Gasteiger partial charge < -0.3 is 11.1 Å². The van der Waals surface area contributed by atoms with E-state index in [-0.39, 0.29) is 11.8 Å². The molecule has 0 fully saturated rings. The van der Waals surface area contributed by atoms with Gasteiger partial charge in [-0.1, -0.05) is 13.8 Å². The molecule has 0 saturated heterocycles. The minimum atomic E-state index is -0.0541. The third-order valence-corrected chi connectivity index (χ3v) is 2.45. The Kier molecular flexibility index (Phi) is 5.56. The van der Waals surface area contributed by atoms with E-state index in [1.54, 1.807) is 18.3 Å². The number of amides is 1. The van der Waals surface area contributed by atoms with Crippen LogP contribution >= 0.6 is 0 Å². The Bertz CT molecular complexity index is 340. The van der Waals surface area contributed by atoms with Crippen molar-refractivity contribution < 1.29 is 4.79 Å². The summed E-state index contributed by atoms with van der Waals surface area (Å²) in [5.74, 6) is 1.21. The fraction of sp³-hybridized carbons (Fsp3) is 0.583. The average Bonchev–Trinajstić information content (AvgIpc) is 2.28. The summed E-state index contributed by atoms with van der Waals surface area (Å²) in [6.45, 7) is 4.79. The molecule has 94 valence electrons. The molecule has 3 N–H and O–H groups in total. The van der Waals surface area contributed by atoms with Gasteiger partial charge in [-0.05, 0) is 36.9 Å². The molecule has 1 amide bonds. The lowest BCUT2D eigenvalue weighted by molar-refractivity contribution is -0.117. The van der Waals surface area contributed by atoms with Gasteiger partial charge in [0.25, 0.3) is 0 Å². The molecule has 0 bridgehead atoms. The summed E-state index contributed by atoms with van der Waals surface area (Å²) >= 11 is 0. The smallest absolute Gasteiger partial charge is 0.225 e. The van der Waals surface area contributed by atoms with Gasteiger partial charge in [0.1, 0.15) is 0 Å². The van der Waals surface area contributed by atoms with E-state index in [0.717, 1.165) is 6.42 Å². The highest BCUT2D eigenvalue weighted by atomic mass is 16.1. The Labute approximate surface area is 102 Å². The Morgan fingerprint density at radius 1 is 1.53 bits per heavy atom. The lowest BCUT2D eigenvalue weighted by atomic mass is 9.94. The van der Waals surface area contributed by atoms with Crippen molar-refractivity contribution in [3.8, 4) is 0 Å². The van der Waals surface area contributed by atoms with Crippen LogP contribution in [0.25, 0.3) is 0 Å². The van der Waals surface area contributed by atoms with E-state index in [1.807, 2.05) is 0 Å². The second-order valence-electron chi connectivity index (χ2n) is 4.59. The lowest BCUT2D eigenvalue weighted by Gasteiger charge is -2.16. The first kappa shape index (κ1) is 13.6. The molecule has 17 heavy (non-hydrogen) atoms. The summed E-state index contributed by atoms with van der Waals surface area (Å²) in [4.78, 5) is 11.7. The molecule has 1 unspecified atom stereocenters. The summed E-state index contributed by atoms with van der Waals surface area (Å²) in [6.07, 6.45) is 2.97. The highest BCUT2D eigenvalue weighted by molar-refractivity contribution is 5.89. The zero-order chi connectivity index (χ0) is 12.7. The molecule has 1 aromatic heterocycles. The number of hydrogen-bond donors (Lipinski definition) is 2. The number of hydrogen-bond acceptors (Lipinski definition) is 4. The summed E-state index contributed by atoms with van der Waals surface area (Å²) in [6, 6.07) is 3.45. The maximum Gasteiger partial charge on any atom is 0.225 e. The van der Waals surface area contributed by atoms with Gasteiger partial charge in [-0.3, -0.25) is 4.79 Å². The standard InChI is InChI=1S/C12H20N4O/c1-9(2)6-10(8-13)7-12(17)15-11-4-3-5-14-16-11/h3-5,9-10H,6-8,13H2,1-2H3,(H,15,16,17). The zero-order valence-corrected chi connectivity index (χ0v) is 10.4. The fourth-order valence-electron chi connectivity index (χ4n) is 1.75. The van der Waals surface area contributed by atoms with Crippen molar-refractivity contribution in [1.82, 2.24) is 10.2 Å². The molecule has 0 aliphatic heterocycles. The lowest BCUT2D eigenvalue weighted by Crippen LogP contribution is -2.23. The van der Waals surface area contributed by atoms with E-state index in [2.05, 4.69) is 29.4 Å². The average molecular weight is 236 g/mol. The fourth-order valence-corrected chi connectivity index (χ4v) is 1.75. The van der Waals surface area contributed by atoms with Gasteiger partial charge in [-0.2, -0.15) is 5.10 Å². The summed E-state index contributed by atoms with van der Waals surface area (Å²) in [5, 5.41) is 10.2. The number of rotatable bonds is 6. The first-order valence-corrected chi connectivity index (χ1v) is 5.89. The molecular weight excluding hydrogens is 216 g/mol. The minimum Gasteiger partial charge on any atom is -0.330 e. The molecule has 0 aliphatic rings. The largest absolute Gasteiger partial charge is 0.330 e. The highest BCUT2D eigenvalue weighted by Crippen LogP contribution is 2.14. The van der Waals surface area contributed by atoms with Gasteiger partial charge in [-0.25, -0.2) is 0 Å². The van der Waals surface area contributed by atoms with Crippen LogP contribution in [0.3, 0.4) is 0 Å². The number of anilines is 1. The topological polar surface area (TPSA) is 80.9 Å². The molecule has 1 rings (SSSR count). The van der Waals surface area contributed by atoms with Gasteiger partial charge in [0.05, 0.1) is 0 Å². The van der Waals surface area contributed by atoms with Gasteiger partial charge in [0.2, 0.25) is 5.91 Å². The van der Waals surface area contributed by atoms with Crippen LogP contribution in [0.1, 0.15) is 26.7 Å². The van der Waals surface area contributed by atoms with Crippen molar-refractivity contribution in [1.29, 1.82) is 0 Å². The summed E-state index contributed by atoms with van der Waals surface area (Å²) < 4.78 is 0. The Morgan fingerprint density at radius 2 is 2.29 bits per heavy atom. The minimum absolute atomic E-state index is 0.0541. The van der Waals surface area contributed by atoms with Crippen LogP contribution in [-0.4, -0.2) is 22.6 Å². The normalized spacial score (nSPS) is 12.5. The van der Waals surface area contributed by atoms with Crippen LogP contribution in [0.5, 0.6) is 0 Å². The number of carbonyl (C=O) groups is 1. The number of nitrogens with zero attached hydrogens (tertiary/aromatic N) is 2. The van der Waals surface area contributed by atoms with Crippen LogP contribution in [0.4, 0.5) is 5.82 Å². The second-order valence-corrected chi connectivity index (χ2v) is 4.59. The van der Waals surface area contributed by atoms with Crippen LogP contribution in [0.15, 0.2) is 18.3 Å². The third kappa shape index (κ3) is 5.40. The predicted molar refractivity (Wildman–Crippen MR) is 67.3 cm³/mol. The van der Waals surface area contributed by atoms with Gasteiger partial charge in [0, 0.05) is 12.6 Å². The van der Waals surface area contributed by atoms with Gasteiger partial charge in [-0.15, -0.1) is 5.10 Å². The Balaban J connectivity index is 2.43. The van der Waals surface area contributed by atoms with E-state index < -0.39 is 0 Å². The van der Waals surface area contributed by atoms with Crippen LogP contribution in [0, 0.1) is 11.8 Å². The number of nitrogens with one attached hydrogen (secondary N) is 1. The van der Waals surface area contributed by atoms with E-state index >= 15 is 0 Å². The molecule has 5 nitrogen and oxygen atoms in total. The highest BCUT2D eigenvalue weighted by Gasteiger charge is 2.14. The SMILES string of the molecule is CC(C)CC(CN)CC(=O)Nc1cccnn1. The predicted octanol–water partition coefficient (Wildman–Crippen LogP) is 1.43. The molecule has 1 aromatic rings. The van der Waals surface area contributed by atoms with E-state index in [9.17, 15) is 4.79 Å². The molecule has 0 spiro atoms. The van der Waals surface area contributed by atoms with E-state index in [0.29, 0.717) is 24.7 Å². The zero-order valence-electron chi connectivity index (χ0n) is 10.4. The van der Waals surface area contributed by atoms with Crippen molar-refractivity contribution in [2.75, 3.05) is 11.9 Å². The summed E-state index contributed by atoms with van der Waals surface area (Å²) in [5.41, 5.74) is 5.65. The second kappa shape index (κ2) is 6.96. The van der Waals surface area contributed by atoms with Crippen LogP contribution in [-0.2, 0) is 4.79 Å². The van der Waals surface area contributed by atoms with E-state index in [4.69, 9.17) is 5.73 Å². The van der Waals surface area contributed by atoms with Crippen molar-refractivity contribution in [2.24, 2.45) is 17.6 Å². The molecule has 1 heterocycles. The molecule has 0 radical (unpaired) electrons. The van der Waals surface area contributed by atoms with E-state index in [1.165, 1.54) is 0 Å². The first-order chi connectivity index (χ1) is 8.11. The molecule has 0 saturated carbocycles. The Morgan fingerprint density at radius 3 is 2.82 bits per heavy atom. The molecular formula is C12H20N4O. The molecule has 0 aromatic carbocycles. The van der Waals surface area contributed by atoms with Crippen molar-refractivity contribution in [2.45, 2.75) is 26.7 Å². The number of carbonyl (C=O) groups excluding carboxylic acids is 1. The summed E-state index contributed by atoms with van der Waals surface area (Å²) in [7, 11) is 0. The quantitative estimate of drug-likeness (QED) is 0.782. The molecule has 1 atom stereocenters. The Hall–Kier alpha value is -1.49. The third-order valence-electron chi connectivity index (χ3n) is 2.45. The van der Waals surface area contributed by atoms with Crippen molar-refractivity contribution in [3.05, 3.63) is 18.3 Å². The maximum absolute atomic E-state index is 11.7. The van der Waals surface area contributed by atoms with Gasteiger partial charge >= 0.3 is 0 Å². The number of aromatic nitrogens is 2. The van der Waals surface area contributed by atoms with Crippen molar-refractivity contribution in [3.63, 3.8) is 0 Å². The van der Waals surface area contributed by atoms with Crippen LogP contribution in [0.2, 0.25) is 0 Å². The molecule has 5 heteroatoms. The molecule has 0 aliphatic carbocycles. The van der Waals surface area contributed by atoms with Crippen LogP contribution < -0.4 is 11.1 Å². The monoisotopic (exact) mass is 236 g/mol.